The van der Waals surface area contributed by atoms with Crippen LogP contribution in [0.4, 0.5) is 5.69 Å². The molecule has 6 heteroatoms. The molecule has 1 amide bonds. The third-order valence-corrected chi connectivity index (χ3v) is 4.77. The van der Waals surface area contributed by atoms with Gasteiger partial charge >= 0.3 is 0 Å². The van der Waals surface area contributed by atoms with Crippen molar-refractivity contribution in [3.8, 4) is 11.5 Å². The molecule has 0 saturated carbocycles. The average Bonchev–Trinajstić information content (AvgIpc) is 3.16. The fourth-order valence-electron chi connectivity index (χ4n) is 2.59. The second-order valence-electron chi connectivity index (χ2n) is 6.39. The highest BCUT2D eigenvalue weighted by Gasteiger charge is 2.05. The summed E-state index contributed by atoms with van der Waals surface area (Å²) in [6, 6.07) is 15.0. The molecule has 2 aromatic carbocycles. The maximum absolute atomic E-state index is 12.3. The first-order chi connectivity index (χ1) is 14.1. The molecule has 0 aliphatic rings. The number of anilines is 1. The SMILES string of the molecule is CCCOc1ccccc1NC(=O)/C=C/c1cccc(OCc2csc(C)n2)c1. The van der Waals surface area contributed by atoms with Crippen LogP contribution >= 0.6 is 11.3 Å². The Bertz CT molecular complexity index is 982. The van der Waals surface area contributed by atoms with E-state index >= 15 is 0 Å². The molecular formula is C23H24N2O3S. The third-order valence-electron chi connectivity index (χ3n) is 3.95. The minimum absolute atomic E-state index is 0.221. The predicted molar refractivity (Wildman–Crippen MR) is 118 cm³/mol. The first-order valence-electron chi connectivity index (χ1n) is 9.49. The van der Waals surface area contributed by atoms with Gasteiger partial charge in [-0.15, -0.1) is 11.3 Å². The number of para-hydroxylation sites is 2. The number of aryl methyl sites for hydroxylation is 1. The summed E-state index contributed by atoms with van der Waals surface area (Å²) in [6.45, 7) is 5.04. The van der Waals surface area contributed by atoms with Crippen molar-refractivity contribution < 1.29 is 14.3 Å². The van der Waals surface area contributed by atoms with Gasteiger partial charge in [0.2, 0.25) is 5.91 Å². The molecule has 0 atom stereocenters. The zero-order chi connectivity index (χ0) is 20.5. The van der Waals surface area contributed by atoms with Crippen molar-refractivity contribution in [2.75, 3.05) is 11.9 Å². The Kier molecular flexibility index (Phi) is 7.41. The number of amides is 1. The summed E-state index contributed by atoms with van der Waals surface area (Å²) in [5, 5.41) is 5.88. The summed E-state index contributed by atoms with van der Waals surface area (Å²) in [4.78, 5) is 16.7. The van der Waals surface area contributed by atoms with Gasteiger partial charge < -0.3 is 14.8 Å². The Hall–Kier alpha value is -3.12. The molecule has 0 saturated heterocycles. The number of nitrogens with zero attached hydrogens (tertiary/aromatic N) is 1. The van der Waals surface area contributed by atoms with Crippen LogP contribution in [0.1, 0.15) is 29.6 Å². The van der Waals surface area contributed by atoms with E-state index in [1.807, 2.05) is 67.8 Å². The number of hydrogen-bond acceptors (Lipinski definition) is 5. The quantitative estimate of drug-likeness (QED) is 0.477. The molecule has 0 aliphatic heterocycles. The minimum atomic E-state index is -0.221. The van der Waals surface area contributed by atoms with E-state index < -0.39 is 0 Å². The van der Waals surface area contributed by atoms with Gasteiger partial charge in [0.25, 0.3) is 0 Å². The molecule has 0 unspecified atom stereocenters. The highest BCUT2D eigenvalue weighted by molar-refractivity contribution is 7.09. The number of thiazole rings is 1. The number of ether oxygens (including phenoxy) is 2. The zero-order valence-corrected chi connectivity index (χ0v) is 17.4. The van der Waals surface area contributed by atoms with Crippen molar-refractivity contribution in [3.63, 3.8) is 0 Å². The van der Waals surface area contributed by atoms with E-state index in [2.05, 4.69) is 10.3 Å². The van der Waals surface area contributed by atoms with Crippen LogP contribution < -0.4 is 14.8 Å². The van der Waals surface area contributed by atoms with Crippen molar-refractivity contribution >= 4 is 29.0 Å². The molecular weight excluding hydrogens is 384 g/mol. The highest BCUT2D eigenvalue weighted by Crippen LogP contribution is 2.24. The summed E-state index contributed by atoms with van der Waals surface area (Å²) < 4.78 is 11.5. The van der Waals surface area contributed by atoms with Crippen LogP contribution in [0.25, 0.3) is 6.08 Å². The van der Waals surface area contributed by atoms with E-state index in [0.717, 1.165) is 28.4 Å². The number of nitrogens with one attached hydrogen (secondary N) is 1. The van der Waals surface area contributed by atoms with Gasteiger partial charge in [-0.05, 0) is 49.2 Å². The van der Waals surface area contributed by atoms with Crippen LogP contribution in [-0.2, 0) is 11.4 Å². The normalized spacial score (nSPS) is 10.8. The van der Waals surface area contributed by atoms with Gasteiger partial charge in [-0.1, -0.05) is 31.2 Å². The number of aromatic nitrogens is 1. The summed E-state index contributed by atoms with van der Waals surface area (Å²) >= 11 is 1.60. The first-order valence-corrected chi connectivity index (χ1v) is 10.4. The van der Waals surface area contributed by atoms with Crippen LogP contribution in [0.5, 0.6) is 11.5 Å². The molecule has 0 spiro atoms. The van der Waals surface area contributed by atoms with Crippen molar-refractivity contribution in [3.05, 3.63) is 76.3 Å². The fourth-order valence-corrected chi connectivity index (χ4v) is 3.19. The number of hydrogen-bond donors (Lipinski definition) is 1. The Morgan fingerprint density at radius 1 is 1.17 bits per heavy atom. The third kappa shape index (κ3) is 6.47. The Balaban J connectivity index is 1.59. The number of carbonyl (C=O) groups is 1. The van der Waals surface area contributed by atoms with E-state index in [-0.39, 0.29) is 5.91 Å². The molecule has 5 nitrogen and oxygen atoms in total. The van der Waals surface area contributed by atoms with E-state index in [0.29, 0.717) is 24.7 Å². The maximum atomic E-state index is 12.3. The van der Waals surface area contributed by atoms with Gasteiger partial charge in [-0.2, -0.15) is 0 Å². The summed E-state index contributed by atoms with van der Waals surface area (Å²) in [7, 11) is 0. The monoisotopic (exact) mass is 408 g/mol. The van der Waals surface area contributed by atoms with E-state index in [4.69, 9.17) is 9.47 Å². The standard InChI is InChI=1S/C23H24N2O3S/c1-3-13-27-22-10-5-4-9-21(22)25-23(26)12-11-18-7-6-8-20(14-18)28-15-19-16-29-17(2)24-19/h4-12,14,16H,3,13,15H2,1-2H3,(H,25,26)/b12-11+. The first kappa shape index (κ1) is 20.6. The summed E-state index contributed by atoms with van der Waals surface area (Å²) in [6.07, 6.45) is 4.16. The van der Waals surface area contributed by atoms with Crippen LogP contribution in [0.2, 0.25) is 0 Å². The van der Waals surface area contributed by atoms with E-state index in [9.17, 15) is 4.79 Å². The van der Waals surface area contributed by atoms with Gasteiger partial charge in [-0.3, -0.25) is 4.79 Å². The number of rotatable bonds is 9. The van der Waals surface area contributed by atoms with Crippen molar-refractivity contribution in [1.29, 1.82) is 0 Å². The lowest BCUT2D eigenvalue weighted by atomic mass is 10.2. The van der Waals surface area contributed by atoms with E-state index in [1.54, 1.807) is 17.4 Å². The second-order valence-corrected chi connectivity index (χ2v) is 7.45. The smallest absolute Gasteiger partial charge is 0.248 e. The molecule has 1 aromatic heterocycles. The summed E-state index contributed by atoms with van der Waals surface area (Å²) in [5.41, 5.74) is 2.45. The highest BCUT2D eigenvalue weighted by atomic mass is 32.1. The Labute approximate surface area is 175 Å². The van der Waals surface area contributed by atoms with Crippen LogP contribution in [0, 0.1) is 6.92 Å². The maximum Gasteiger partial charge on any atom is 0.248 e. The lowest BCUT2D eigenvalue weighted by molar-refractivity contribution is -0.111. The van der Waals surface area contributed by atoms with Crippen LogP contribution in [-0.4, -0.2) is 17.5 Å². The number of benzene rings is 2. The van der Waals surface area contributed by atoms with Crippen molar-refractivity contribution in [2.45, 2.75) is 26.9 Å². The molecule has 0 fully saturated rings. The molecule has 3 rings (SSSR count). The Morgan fingerprint density at radius 2 is 2.03 bits per heavy atom. The molecule has 0 radical (unpaired) electrons. The average molecular weight is 409 g/mol. The van der Waals surface area contributed by atoms with Gasteiger partial charge in [0.1, 0.15) is 18.1 Å². The van der Waals surface area contributed by atoms with Gasteiger partial charge in [0.05, 0.1) is 23.0 Å². The molecule has 1 heterocycles. The van der Waals surface area contributed by atoms with Crippen molar-refractivity contribution in [1.82, 2.24) is 4.98 Å². The molecule has 150 valence electrons. The molecule has 0 bridgehead atoms. The van der Waals surface area contributed by atoms with Gasteiger partial charge in [0, 0.05) is 11.5 Å². The topological polar surface area (TPSA) is 60.5 Å². The zero-order valence-electron chi connectivity index (χ0n) is 16.6. The molecule has 1 N–H and O–H groups in total. The molecule has 0 aliphatic carbocycles. The van der Waals surface area contributed by atoms with Crippen LogP contribution in [0.15, 0.2) is 60.0 Å². The van der Waals surface area contributed by atoms with Gasteiger partial charge in [0.15, 0.2) is 0 Å². The number of carbonyl (C=O) groups excluding carboxylic acids is 1. The molecule has 3 aromatic rings. The lowest BCUT2D eigenvalue weighted by Crippen LogP contribution is -2.09. The van der Waals surface area contributed by atoms with Crippen LogP contribution in [0.3, 0.4) is 0 Å². The second kappa shape index (κ2) is 10.4. The largest absolute Gasteiger partial charge is 0.491 e. The van der Waals surface area contributed by atoms with Crippen molar-refractivity contribution in [2.24, 2.45) is 0 Å². The van der Waals surface area contributed by atoms with E-state index in [1.165, 1.54) is 6.08 Å². The van der Waals surface area contributed by atoms with Gasteiger partial charge in [-0.25, -0.2) is 4.98 Å². The summed E-state index contributed by atoms with van der Waals surface area (Å²) in [5.74, 6) is 1.18. The lowest BCUT2D eigenvalue weighted by Gasteiger charge is -2.10. The molecule has 29 heavy (non-hydrogen) atoms. The predicted octanol–water partition coefficient (Wildman–Crippen LogP) is 5.47. The minimum Gasteiger partial charge on any atom is -0.491 e. The fraction of sp³-hybridized carbons (Fsp3) is 0.217. The Morgan fingerprint density at radius 3 is 2.83 bits per heavy atom.